The summed E-state index contributed by atoms with van der Waals surface area (Å²) in [4.78, 5) is 11.1. The zero-order valence-electron chi connectivity index (χ0n) is 7.30. The van der Waals surface area contributed by atoms with E-state index in [2.05, 4.69) is 0 Å². The molecule has 0 aromatic carbocycles. The molecule has 76 valence electrons. The molecule has 0 heterocycles. The van der Waals surface area contributed by atoms with Gasteiger partial charge in [0.05, 0.1) is 0 Å². The Labute approximate surface area is 75.6 Å². The Morgan fingerprint density at radius 3 is 2.54 bits per heavy atom. The minimum Gasteiger partial charge on any atom is -0.294 e. The lowest BCUT2D eigenvalue weighted by Gasteiger charge is -2.29. The van der Waals surface area contributed by atoms with Crippen LogP contribution in [0, 0.1) is 11.8 Å². The predicted octanol–water partition coefficient (Wildman–Crippen LogP) is 1.05. The standard InChI is InChI=1S/C8H14F2N2O/c9-7(10)5-3-1-2-4-6(5)8(13)12-11/h5-7H,1-4,11H2,(H,12,13). The van der Waals surface area contributed by atoms with E-state index in [0.717, 1.165) is 12.8 Å². The molecule has 1 aliphatic carbocycles. The van der Waals surface area contributed by atoms with Crippen molar-refractivity contribution in [2.24, 2.45) is 17.7 Å². The summed E-state index contributed by atoms with van der Waals surface area (Å²) in [7, 11) is 0. The highest BCUT2D eigenvalue weighted by Gasteiger charge is 2.36. The van der Waals surface area contributed by atoms with Gasteiger partial charge in [-0.2, -0.15) is 0 Å². The van der Waals surface area contributed by atoms with Gasteiger partial charge in [-0.3, -0.25) is 10.2 Å². The maximum Gasteiger partial charge on any atom is 0.242 e. The third kappa shape index (κ3) is 2.37. The number of carbonyl (C=O) groups is 1. The lowest BCUT2D eigenvalue weighted by molar-refractivity contribution is -0.130. The minimum absolute atomic E-state index is 0.426. The fraction of sp³-hybridized carbons (Fsp3) is 0.875. The fourth-order valence-electron chi connectivity index (χ4n) is 1.89. The Morgan fingerprint density at radius 2 is 2.00 bits per heavy atom. The van der Waals surface area contributed by atoms with Crippen LogP contribution in [0.15, 0.2) is 0 Å². The first-order chi connectivity index (χ1) is 6.16. The Morgan fingerprint density at radius 1 is 1.38 bits per heavy atom. The summed E-state index contributed by atoms with van der Waals surface area (Å²) in [5, 5.41) is 0. The first-order valence-electron chi connectivity index (χ1n) is 4.45. The number of hydrogen-bond donors (Lipinski definition) is 2. The molecular weight excluding hydrogens is 178 g/mol. The van der Waals surface area contributed by atoms with Gasteiger partial charge >= 0.3 is 0 Å². The molecule has 13 heavy (non-hydrogen) atoms. The van der Waals surface area contributed by atoms with E-state index in [0.29, 0.717) is 12.8 Å². The van der Waals surface area contributed by atoms with Gasteiger partial charge in [-0.1, -0.05) is 12.8 Å². The van der Waals surface area contributed by atoms with Crippen LogP contribution < -0.4 is 11.3 Å². The van der Waals surface area contributed by atoms with E-state index in [-0.39, 0.29) is 0 Å². The monoisotopic (exact) mass is 192 g/mol. The number of alkyl halides is 2. The van der Waals surface area contributed by atoms with Gasteiger partial charge in [0.25, 0.3) is 0 Å². The molecule has 0 radical (unpaired) electrons. The Hall–Kier alpha value is -0.710. The fourth-order valence-corrected chi connectivity index (χ4v) is 1.89. The molecule has 1 aliphatic rings. The van der Waals surface area contributed by atoms with E-state index in [1.165, 1.54) is 0 Å². The molecule has 0 spiro atoms. The quantitative estimate of drug-likeness (QED) is 0.390. The lowest BCUT2D eigenvalue weighted by Crippen LogP contribution is -2.42. The van der Waals surface area contributed by atoms with Crippen molar-refractivity contribution in [2.75, 3.05) is 0 Å². The Kier molecular flexibility index (Phi) is 3.59. The van der Waals surface area contributed by atoms with Crippen LogP contribution in [-0.2, 0) is 4.79 Å². The molecule has 0 aromatic rings. The molecule has 0 aliphatic heterocycles. The van der Waals surface area contributed by atoms with Crippen LogP contribution in [0.1, 0.15) is 25.7 Å². The topological polar surface area (TPSA) is 55.1 Å². The highest BCUT2D eigenvalue weighted by atomic mass is 19.3. The maximum atomic E-state index is 12.4. The van der Waals surface area contributed by atoms with Crippen molar-refractivity contribution < 1.29 is 13.6 Å². The molecule has 0 bridgehead atoms. The maximum absolute atomic E-state index is 12.4. The van der Waals surface area contributed by atoms with Crippen LogP contribution in [-0.4, -0.2) is 12.3 Å². The van der Waals surface area contributed by atoms with Gasteiger partial charge in [-0.25, -0.2) is 14.6 Å². The average Bonchev–Trinajstić information content (AvgIpc) is 2.16. The smallest absolute Gasteiger partial charge is 0.242 e. The summed E-state index contributed by atoms with van der Waals surface area (Å²) >= 11 is 0. The van der Waals surface area contributed by atoms with Gasteiger partial charge in [-0.05, 0) is 12.8 Å². The number of halogens is 2. The van der Waals surface area contributed by atoms with Gasteiger partial charge in [0.2, 0.25) is 12.3 Å². The largest absolute Gasteiger partial charge is 0.294 e. The van der Waals surface area contributed by atoms with Gasteiger partial charge in [0.1, 0.15) is 0 Å². The van der Waals surface area contributed by atoms with E-state index in [1.807, 2.05) is 5.43 Å². The van der Waals surface area contributed by atoms with E-state index >= 15 is 0 Å². The second kappa shape index (κ2) is 4.50. The number of hydrogen-bond acceptors (Lipinski definition) is 2. The minimum atomic E-state index is -2.41. The normalized spacial score (nSPS) is 28.9. The van der Waals surface area contributed by atoms with Crippen LogP contribution in [0.25, 0.3) is 0 Å². The summed E-state index contributed by atoms with van der Waals surface area (Å²) in [6.45, 7) is 0. The number of nitrogens with two attached hydrogens (primary N) is 1. The van der Waals surface area contributed by atoms with E-state index in [4.69, 9.17) is 5.84 Å². The zero-order chi connectivity index (χ0) is 9.84. The van der Waals surface area contributed by atoms with Crippen LogP contribution in [0.5, 0.6) is 0 Å². The third-order valence-corrected chi connectivity index (χ3v) is 2.62. The third-order valence-electron chi connectivity index (χ3n) is 2.62. The van der Waals surface area contributed by atoms with Gasteiger partial charge < -0.3 is 0 Å². The molecule has 1 rings (SSSR count). The number of hydrazine groups is 1. The molecule has 2 atom stereocenters. The molecule has 3 N–H and O–H groups in total. The summed E-state index contributed by atoms with van der Waals surface area (Å²) in [5.41, 5.74) is 1.95. The van der Waals surface area contributed by atoms with Crippen LogP contribution >= 0.6 is 0 Å². The molecule has 1 fully saturated rings. The summed E-state index contributed by atoms with van der Waals surface area (Å²) in [6.07, 6.45) is 0.154. The number of carbonyl (C=O) groups excluding carboxylic acids is 1. The van der Waals surface area contributed by atoms with Gasteiger partial charge in [-0.15, -0.1) is 0 Å². The number of amides is 1. The predicted molar refractivity (Wildman–Crippen MR) is 43.8 cm³/mol. The summed E-state index contributed by atoms with van der Waals surface area (Å²) in [6, 6.07) is 0. The van der Waals surface area contributed by atoms with Gasteiger partial charge in [0.15, 0.2) is 0 Å². The SMILES string of the molecule is NNC(=O)C1CCCCC1C(F)F. The summed E-state index contributed by atoms with van der Waals surface area (Å²) in [5.74, 6) is 3.06. The number of rotatable bonds is 2. The second-order valence-electron chi connectivity index (χ2n) is 3.40. The highest BCUT2D eigenvalue weighted by Crippen LogP contribution is 2.34. The highest BCUT2D eigenvalue weighted by molar-refractivity contribution is 5.78. The van der Waals surface area contributed by atoms with Crippen molar-refractivity contribution >= 4 is 5.91 Å². The molecule has 3 nitrogen and oxygen atoms in total. The van der Waals surface area contributed by atoms with Crippen molar-refractivity contribution in [2.45, 2.75) is 32.1 Å². The lowest BCUT2D eigenvalue weighted by atomic mass is 9.79. The van der Waals surface area contributed by atoms with Crippen LogP contribution in [0.3, 0.4) is 0 Å². The van der Waals surface area contributed by atoms with Gasteiger partial charge in [0, 0.05) is 11.8 Å². The van der Waals surface area contributed by atoms with Crippen LogP contribution in [0.2, 0.25) is 0 Å². The van der Waals surface area contributed by atoms with Crippen molar-refractivity contribution in [1.29, 1.82) is 0 Å². The Balaban J connectivity index is 2.61. The molecule has 1 amide bonds. The average molecular weight is 192 g/mol. The molecular formula is C8H14F2N2O. The molecule has 1 saturated carbocycles. The second-order valence-corrected chi connectivity index (χ2v) is 3.40. The van der Waals surface area contributed by atoms with E-state index < -0.39 is 24.2 Å². The Bertz CT molecular complexity index is 187. The molecule has 2 unspecified atom stereocenters. The molecule has 0 aromatic heterocycles. The first kappa shape index (κ1) is 10.4. The summed E-state index contributed by atoms with van der Waals surface area (Å²) < 4.78 is 24.9. The first-order valence-corrected chi connectivity index (χ1v) is 4.45. The van der Waals surface area contributed by atoms with Crippen molar-refractivity contribution in [3.63, 3.8) is 0 Å². The van der Waals surface area contributed by atoms with Crippen molar-refractivity contribution in [3.8, 4) is 0 Å². The van der Waals surface area contributed by atoms with E-state index in [1.54, 1.807) is 0 Å². The van der Waals surface area contributed by atoms with Crippen molar-refractivity contribution in [3.05, 3.63) is 0 Å². The number of nitrogens with one attached hydrogen (secondary N) is 1. The van der Waals surface area contributed by atoms with E-state index in [9.17, 15) is 13.6 Å². The molecule has 0 saturated heterocycles. The molecule has 5 heteroatoms. The van der Waals surface area contributed by atoms with Crippen LogP contribution in [0.4, 0.5) is 8.78 Å². The van der Waals surface area contributed by atoms with Crippen molar-refractivity contribution in [1.82, 2.24) is 5.43 Å². The zero-order valence-corrected chi connectivity index (χ0v) is 7.30.